The lowest BCUT2D eigenvalue weighted by Crippen LogP contribution is -2.65. The van der Waals surface area contributed by atoms with Gasteiger partial charge in [0.05, 0.1) is 5.02 Å². The summed E-state index contributed by atoms with van der Waals surface area (Å²) in [5.74, 6) is 1.43. The Kier molecular flexibility index (Phi) is 7.86. The second-order valence-electron chi connectivity index (χ2n) is 7.09. The number of hydrogen-bond acceptors (Lipinski definition) is 4. The van der Waals surface area contributed by atoms with E-state index in [0.29, 0.717) is 27.9 Å². The Labute approximate surface area is 170 Å². The molecular formula is C17H26Cl3N3OS. The first-order valence-electron chi connectivity index (χ1n) is 8.71. The summed E-state index contributed by atoms with van der Waals surface area (Å²) in [7, 11) is 0. The van der Waals surface area contributed by atoms with Crippen molar-refractivity contribution in [3.05, 3.63) is 21.3 Å². The maximum Gasteiger partial charge on any atom is 0.262 e. The Hall–Kier alpha value is -0.0400. The molecule has 4 nitrogen and oxygen atoms in total. The summed E-state index contributed by atoms with van der Waals surface area (Å²) in [5.41, 5.74) is 0. The number of rotatable bonds is 3. The molecule has 25 heavy (non-hydrogen) atoms. The van der Waals surface area contributed by atoms with Gasteiger partial charge in [-0.05, 0) is 62.2 Å². The zero-order valence-electron chi connectivity index (χ0n) is 14.1. The van der Waals surface area contributed by atoms with Crippen molar-refractivity contribution in [1.29, 1.82) is 0 Å². The summed E-state index contributed by atoms with van der Waals surface area (Å²) in [5, 5.41) is 9.20. The quantitative estimate of drug-likeness (QED) is 0.778. The number of carbonyl (C=O) groups excluding carboxylic acids is 1. The Morgan fingerprint density at radius 2 is 2.12 bits per heavy atom. The maximum atomic E-state index is 12.4. The van der Waals surface area contributed by atoms with E-state index in [1.54, 1.807) is 6.07 Å². The summed E-state index contributed by atoms with van der Waals surface area (Å²) in [6.07, 6.45) is 5.28. The van der Waals surface area contributed by atoms with Crippen molar-refractivity contribution in [2.45, 2.75) is 37.8 Å². The van der Waals surface area contributed by atoms with E-state index in [0.717, 1.165) is 19.0 Å². The molecule has 4 rings (SSSR count). The third kappa shape index (κ3) is 4.28. The van der Waals surface area contributed by atoms with Gasteiger partial charge < -0.3 is 10.6 Å². The lowest BCUT2D eigenvalue weighted by atomic mass is 9.73. The molecule has 1 amide bonds. The molecule has 8 heteroatoms. The van der Waals surface area contributed by atoms with Crippen LogP contribution in [0.4, 0.5) is 0 Å². The van der Waals surface area contributed by atoms with Gasteiger partial charge in [0.25, 0.3) is 5.91 Å². The van der Waals surface area contributed by atoms with Gasteiger partial charge in [0, 0.05) is 18.6 Å². The fourth-order valence-electron chi connectivity index (χ4n) is 4.78. The lowest BCUT2D eigenvalue weighted by molar-refractivity contribution is -0.0371. The molecule has 3 saturated heterocycles. The van der Waals surface area contributed by atoms with E-state index in [1.165, 1.54) is 50.1 Å². The predicted molar refractivity (Wildman–Crippen MR) is 109 cm³/mol. The second kappa shape index (κ2) is 9.25. The molecule has 0 aromatic carbocycles. The highest BCUT2D eigenvalue weighted by Gasteiger charge is 2.45. The van der Waals surface area contributed by atoms with Crippen molar-refractivity contribution in [3.8, 4) is 0 Å². The zero-order chi connectivity index (χ0) is 15.8. The summed E-state index contributed by atoms with van der Waals surface area (Å²) in [4.78, 5) is 15.7. The average molecular weight is 427 g/mol. The summed E-state index contributed by atoms with van der Waals surface area (Å²) < 4.78 is 0. The molecule has 0 saturated carbocycles. The van der Waals surface area contributed by atoms with E-state index < -0.39 is 0 Å². The van der Waals surface area contributed by atoms with Crippen molar-refractivity contribution in [1.82, 2.24) is 15.5 Å². The van der Waals surface area contributed by atoms with E-state index in [4.69, 9.17) is 11.6 Å². The van der Waals surface area contributed by atoms with Crippen LogP contribution in [-0.4, -0.2) is 49.1 Å². The van der Waals surface area contributed by atoms with E-state index in [2.05, 4.69) is 15.5 Å². The van der Waals surface area contributed by atoms with Crippen LogP contribution in [0.2, 0.25) is 5.02 Å². The Morgan fingerprint density at radius 3 is 2.88 bits per heavy atom. The minimum Gasteiger partial charge on any atom is -0.350 e. The molecular weight excluding hydrogens is 401 g/mol. The summed E-state index contributed by atoms with van der Waals surface area (Å²) in [6.45, 7) is 4.18. The minimum atomic E-state index is -0.0237. The second-order valence-corrected chi connectivity index (χ2v) is 8.41. The van der Waals surface area contributed by atoms with Crippen molar-refractivity contribution < 1.29 is 4.79 Å². The molecule has 3 fully saturated rings. The Bertz CT molecular complexity index is 585. The topological polar surface area (TPSA) is 44.4 Å². The van der Waals surface area contributed by atoms with Gasteiger partial charge in [-0.25, -0.2) is 0 Å². The molecule has 2 bridgehead atoms. The minimum absolute atomic E-state index is 0. The van der Waals surface area contributed by atoms with Crippen molar-refractivity contribution in [3.63, 3.8) is 0 Å². The van der Waals surface area contributed by atoms with Crippen LogP contribution in [0.5, 0.6) is 0 Å². The Balaban J connectivity index is 0.00000113. The number of nitrogens with one attached hydrogen (secondary N) is 2. The zero-order valence-corrected chi connectivity index (χ0v) is 17.3. The molecule has 2 N–H and O–H groups in total. The molecule has 4 atom stereocenters. The third-order valence-electron chi connectivity index (χ3n) is 5.82. The molecule has 4 heterocycles. The molecule has 3 aliphatic rings. The summed E-state index contributed by atoms with van der Waals surface area (Å²) >= 11 is 7.50. The number of amides is 1. The molecule has 0 unspecified atom stereocenters. The first-order valence-corrected chi connectivity index (χ1v) is 9.97. The molecule has 0 spiro atoms. The van der Waals surface area contributed by atoms with Crippen LogP contribution >= 0.6 is 47.8 Å². The molecule has 0 aliphatic carbocycles. The summed E-state index contributed by atoms with van der Waals surface area (Å²) in [6, 6.07) is 2.96. The fourth-order valence-corrected chi connectivity index (χ4v) is 5.84. The number of nitrogens with zero attached hydrogens (tertiary/aromatic N) is 1. The van der Waals surface area contributed by atoms with Gasteiger partial charge in [-0.2, -0.15) is 0 Å². The number of thiophene rings is 1. The number of halogens is 3. The van der Waals surface area contributed by atoms with Gasteiger partial charge in [0.15, 0.2) is 0 Å². The number of piperidine rings is 3. The van der Waals surface area contributed by atoms with Crippen LogP contribution in [0.15, 0.2) is 11.4 Å². The predicted octanol–water partition coefficient (Wildman–Crippen LogP) is 3.44. The number of fused-ring (bicyclic) bond motifs is 4. The first-order chi connectivity index (χ1) is 11.2. The molecule has 1 aromatic heterocycles. The van der Waals surface area contributed by atoms with Crippen molar-refractivity contribution in [2.24, 2.45) is 11.8 Å². The number of hydrogen-bond donors (Lipinski definition) is 2. The lowest BCUT2D eigenvalue weighted by Gasteiger charge is -2.55. The standard InChI is InChI=1S/C17H24ClN3OS.2ClH/c18-13-4-6-23-16(13)17(22)20-10-15-12-7-11(8-19-9-12)14-3-1-2-5-21(14)15;;/h4,6,11-12,14-15,19H,1-3,5,7-10H2,(H,20,22);2*1H/t11-,12+,14+,15+;;/m1../s1. The van der Waals surface area contributed by atoms with Crippen LogP contribution in [0.1, 0.15) is 35.4 Å². The highest BCUT2D eigenvalue weighted by atomic mass is 35.5. The van der Waals surface area contributed by atoms with Gasteiger partial charge in [0.1, 0.15) is 4.88 Å². The molecule has 142 valence electrons. The van der Waals surface area contributed by atoms with Crippen molar-refractivity contribution >= 4 is 53.7 Å². The van der Waals surface area contributed by atoms with Crippen LogP contribution in [0.25, 0.3) is 0 Å². The highest BCUT2D eigenvalue weighted by Crippen LogP contribution is 2.38. The van der Waals surface area contributed by atoms with Gasteiger partial charge in [-0.1, -0.05) is 18.0 Å². The average Bonchev–Trinajstić information content (AvgIpc) is 3.01. The van der Waals surface area contributed by atoms with Crippen LogP contribution in [-0.2, 0) is 0 Å². The van der Waals surface area contributed by atoms with Crippen LogP contribution < -0.4 is 10.6 Å². The monoisotopic (exact) mass is 425 g/mol. The molecule has 3 aliphatic heterocycles. The maximum absolute atomic E-state index is 12.4. The highest BCUT2D eigenvalue weighted by molar-refractivity contribution is 7.12. The molecule has 0 radical (unpaired) electrons. The number of carbonyl (C=O) groups is 1. The SMILES string of the molecule is Cl.Cl.O=C(NC[C@H]1[C@@H]2CNC[C@@H](C2)[C@@H]2CCCCN21)c1sccc1Cl. The fraction of sp³-hybridized carbons (Fsp3) is 0.706. The van der Waals surface area contributed by atoms with E-state index >= 15 is 0 Å². The third-order valence-corrected chi connectivity index (χ3v) is 7.16. The Morgan fingerprint density at radius 1 is 1.32 bits per heavy atom. The van der Waals surface area contributed by atoms with Gasteiger partial charge in [-0.15, -0.1) is 36.2 Å². The molecule has 1 aromatic rings. The first kappa shape index (κ1) is 21.3. The van der Waals surface area contributed by atoms with E-state index in [1.807, 2.05) is 5.38 Å². The van der Waals surface area contributed by atoms with Crippen molar-refractivity contribution in [2.75, 3.05) is 26.2 Å². The van der Waals surface area contributed by atoms with Gasteiger partial charge in [-0.3, -0.25) is 9.69 Å². The van der Waals surface area contributed by atoms with Crippen LogP contribution in [0, 0.1) is 11.8 Å². The van der Waals surface area contributed by atoms with Gasteiger partial charge in [0.2, 0.25) is 0 Å². The normalized spacial score (nSPS) is 31.2. The van der Waals surface area contributed by atoms with E-state index in [9.17, 15) is 4.79 Å². The van der Waals surface area contributed by atoms with Crippen LogP contribution in [0.3, 0.4) is 0 Å². The smallest absolute Gasteiger partial charge is 0.262 e. The largest absolute Gasteiger partial charge is 0.350 e. The van der Waals surface area contributed by atoms with Gasteiger partial charge >= 0.3 is 0 Å². The van der Waals surface area contributed by atoms with E-state index in [-0.39, 0.29) is 30.7 Å².